The third-order valence-electron chi connectivity index (χ3n) is 1.92. The third kappa shape index (κ3) is 2.81. The summed E-state index contributed by atoms with van der Waals surface area (Å²) in [5.74, 6) is -0.485. The van der Waals surface area contributed by atoms with E-state index in [2.05, 4.69) is 20.9 Å². The Bertz CT molecular complexity index is 515. The van der Waals surface area contributed by atoms with Crippen LogP contribution in [0.2, 0.25) is 5.02 Å². The molecule has 0 bridgehead atoms. The number of alkyl halides is 1. The smallest absolute Gasteiger partial charge is 0.193 e. The molecule has 16 heavy (non-hydrogen) atoms. The third-order valence-corrected chi connectivity index (χ3v) is 4.38. The van der Waals surface area contributed by atoms with Gasteiger partial charge in [0.1, 0.15) is 5.69 Å². The maximum atomic E-state index is 11.7. The maximum absolute atomic E-state index is 11.7. The molecule has 0 unspecified atom stereocenters. The van der Waals surface area contributed by atoms with E-state index in [-0.39, 0.29) is 32.5 Å². The van der Waals surface area contributed by atoms with Crippen LogP contribution in [0.3, 0.4) is 0 Å². The molecule has 1 aromatic rings. The summed E-state index contributed by atoms with van der Waals surface area (Å²) in [7, 11) is -3.50. The van der Waals surface area contributed by atoms with Gasteiger partial charge in [-0.05, 0) is 6.07 Å². The van der Waals surface area contributed by atoms with E-state index >= 15 is 0 Å². The fraction of sp³-hybridized carbons (Fsp3) is 0.333. The highest BCUT2D eigenvalue weighted by Gasteiger charge is 2.22. The minimum Gasteiger partial charge on any atom is -0.291 e. The summed E-state index contributed by atoms with van der Waals surface area (Å²) in [5, 5.41) is 0.214. The van der Waals surface area contributed by atoms with Gasteiger partial charge in [-0.3, -0.25) is 9.78 Å². The van der Waals surface area contributed by atoms with Crippen LogP contribution in [-0.2, 0) is 9.84 Å². The van der Waals surface area contributed by atoms with E-state index in [1.165, 1.54) is 19.2 Å². The van der Waals surface area contributed by atoms with Gasteiger partial charge in [-0.1, -0.05) is 34.5 Å². The molecule has 1 heterocycles. The summed E-state index contributed by atoms with van der Waals surface area (Å²) in [4.78, 5) is 15.2. The lowest BCUT2D eigenvalue weighted by Gasteiger charge is -2.06. The summed E-state index contributed by atoms with van der Waals surface area (Å²) in [5.41, 5.74) is -0.0666. The Morgan fingerprint density at radius 1 is 1.56 bits per heavy atom. The Morgan fingerprint density at radius 2 is 2.19 bits per heavy atom. The molecule has 4 nitrogen and oxygen atoms in total. The van der Waals surface area contributed by atoms with Crippen molar-refractivity contribution >= 4 is 43.2 Å². The number of sulfone groups is 1. The van der Waals surface area contributed by atoms with Gasteiger partial charge in [0.25, 0.3) is 0 Å². The quantitative estimate of drug-likeness (QED) is 0.628. The Labute approximate surface area is 107 Å². The molecule has 0 saturated carbocycles. The van der Waals surface area contributed by atoms with E-state index in [9.17, 15) is 13.2 Å². The molecule has 0 amide bonds. The minimum absolute atomic E-state index is 0.0217. The zero-order chi connectivity index (χ0) is 12.3. The monoisotopic (exact) mass is 325 g/mol. The second-order valence-corrected chi connectivity index (χ2v) is 6.20. The van der Waals surface area contributed by atoms with E-state index in [4.69, 9.17) is 11.6 Å². The van der Waals surface area contributed by atoms with Gasteiger partial charge in [0.2, 0.25) is 0 Å². The van der Waals surface area contributed by atoms with Crippen molar-refractivity contribution in [2.45, 2.75) is 11.8 Å². The molecule has 7 heteroatoms. The van der Waals surface area contributed by atoms with Crippen molar-refractivity contribution in [1.82, 2.24) is 4.98 Å². The minimum atomic E-state index is -3.50. The maximum Gasteiger partial charge on any atom is 0.193 e. The average Bonchev–Trinajstić information content (AvgIpc) is 2.28. The predicted octanol–water partition coefficient (Wildman–Crippen LogP) is 2.11. The molecule has 0 spiro atoms. The molecule has 0 aliphatic rings. The molecule has 1 aromatic heterocycles. The average molecular weight is 327 g/mol. The number of halogens is 2. The number of aromatic nitrogens is 1. The normalized spacial score (nSPS) is 11.4. The molecule has 0 radical (unpaired) electrons. The summed E-state index contributed by atoms with van der Waals surface area (Å²) < 4.78 is 23.5. The highest BCUT2D eigenvalue weighted by Crippen LogP contribution is 2.20. The van der Waals surface area contributed by atoms with Gasteiger partial charge in [0.05, 0.1) is 21.0 Å². The Kier molecular flexibility index (Phi) is 4.46. The number of pyridine rings is 1. The number of ketones is 1. The second kappa shape index (κ2) is 5.25. The number of rotatable bonds is 4. The van der Waals surface area contributed by atoms with Crippen molar-refractivity contribution in [3.8, 4) is 0 Å². The zero-order valence-corrected chi connectivity index (χ0v) is 11.6. The molecule has 0 aliphatic heterocycles. The van der Waals surface area contributed by atoms with Gasteiger partial charge in [0.15, 0.2) is 15.6 Å². The Morgan fingerprint density at radius 3 is 2.69 bits per heavy atom. The van der Waals surface area contributed by atoms with Crippen LogP contribution in [0.15, 0.2) is 17.2 Å². The number of carbonyl (C=O) groups is 1. The van der Waals surface area contributed by atoms with Crippen LogP contribution in [0, 0.1) is 0 Å². The van der Waals surface area contributed by atoms with Crippen LogP contribution < -0.4 is 0 Å². The standard InChI is InChI=1S/C9H9BrClNO3S/c1-2-16(14,15)8-3-6(11)5-12-9(8)7(13)4-10/h3,5H,2,4H2,1H3. The van der Waals surface area contributed by atoms with E-state index in [0.29, 0.717) is 0 Å². The van der Waals surface area contributed by atoms with Gasteiger partial charge >= 0.3 is 0 Å². The zero-order valence-electron chi connectivity index (χ0n) is 8.41. The van der Waals surface area contributed by atoms with E-state index in [1.807, 2.05) is 0 Å². The Balaban J connectivity index is 3.47. The molecule has 0 N–H and O–H groups in total. The van der Waals surface area contributed by atoms with E-state index < -0.39 is 9.84 Å². The van der Waals surface area contributed by atoms with Crippen molar-refractivity contribution in [2.75, 3.05) is 11.1 Å². The lowest BCUT2D eigenvalue weighted by Crippen LogP contribution is -2.13. The number of nitrogens with zero attached hydrogens (tertiary/aromatic N) is 1. The summed E-state index contributed by atoms with van der Waals surface area (Å²) in [6, 6.07) is 1.25. The van der Waals surface area contributed by atoms with Crippen molar-refractivity contribution < 1.29 is 13.2 Å². The van der Waals surface area contributed by atoms with Crippen molar-refractivity contribution in [2.24, 2.45) is 0 Å². The molecule has 0 saturated heterocycles. The van der Waals surface area contributed by atoms with Crippen molar-refractivity contribution in [3.63, 3.8) is 0 Å². The highest BCUT2D eigenvalue weighted by atomic mass is 79.9. The summed E-state index contributed by atoms with van der Waals surface area (Å²) in [6.07, 6.45) is 1.26. The SMILES string of the molecule is CCS(=O)(=O)c1cc(Cl)cnc1C(=O)CBr. The van der Waals surface area contributed by atoms with Crippen LogP contribution in [0.5, 0.6) is 0 Å². The number of hydrogen-bond acceptors (Lipinski definition) is 4. The van der Waals surface area contributed by atoms with Crippen LogP contribution in [-0.4, -0.2) is 30.3 Å². The summed E-state index contributed by atoms with van der Waals surface area (Å²) >= 11 is 8.65. The first-order valence-electron chi connectivity index (χ1n) is 4.39. The van der Waals surface area contributed by atoms with E-state index in [1.54, 1.807) is 0 Å². The molecule has 0 aliphatic carbocycles. The lowest BCUT2D eigenvalue weighted by atomic mass is 10.3. The van der Waals surface area contributed by atoms with Gasteiger partial charge in [0, 0.05) is 6.20 Å². The molecule has 0 aromatic carbocycles. The molecule has 88 valence electrons. The second-order valence-electron chi connectivity index (χ2n) is 2.96. The molecule has 0 atom stereocenters. The van der Waals surface area contributed by atoms with Gasteiger partial charge in [-0.15, -0.1) is 0 Å². The first-order valence-corrected chi connectivity index (χ1v) is 7.55. The van der Waals surface area contributed by atoms with Gasteiger partial charge in [-0.2, -0.15) is 0 Å². The highest BCUT2D eigenvalue weighted by molar-refractivity contribution is 9.09. The largest absolute Gasteiger partial charge is 0.291 e. The fourth-order valence-electron chi connectivity index (χ4n) is 1.09. The van der Waals surface area contributed by atoms with Gasteiger partial charge in [-0.25, -0.2) is 8.42 Å². The van der Waals surface area contributed by atoms with Crippen LogP contribution in [0.4, 0.5) is 0 Å². The van der Waals surface area contributed by atoms with E-state index in [0.717, 1.165) is 0 Å². The predicted molar refractivity (Wildman–Crippen MR) is 65.1 cm³/mol. The molecular formula is C9H9BrClNO3S. The number of carbonyl (C=O) groups excluding carboxylic acids is 1. The topological polar surface area (TPSA) is 64.1 Å². The molecule has 0 fully saturated rings. The first-order chi connectivity index (χ1) is 7.42. The van der Waals surface area contributed by atoms with Gasteiger partial charge < -0.3 is 0 Å². The Hall–Kier alpha value is -0.460. The van der Waals surface area contributed by atoms with Crippen molar-refractivity contribution in [1.29, 1.82) is 0 Å². The van der Waals surface area contributed by atoms with Crippen LogP contribution in [0.25, 0.3) is 0 Å². The number of hydrogen-bond donors (Lipinski definition) is 0. The van der Waals surface area contributed by atoms with Crippen molar-refractivity contribution in [3.05, 3.63) is 23.0 Å². The lowest BCUT2D eigenvalue weighted by molar-refractivity contribution is 0.101. The fourth-order valence-corrected chi connectivity index (χ4v) is 2.65. The van der Waals surface area contributed by atoms with Crippen LogP contribution in [0.1, 0.15) is 17.4 Å². The number of Topliss-reactive ketones (excluding diaryl/α,β-unsaturated/α-hetero) is 1. The molecule has 1 rings (SSSR count). The summed E-state index contributed by atoms with van der Waals surface area (Å²) in [6.45, 7) is 1.50. The first kappa shape index (κ1) is 13.6. The van der Waals surface area contributed by atoms with Crippen LogP contribution >= 0.6 is 27.5 Å². The molecular weight excluding hydrogens is 318 g/mol.